The molecule has 2 aliphatic heterocycles. The summed E-state index contributed by atoms with van der Waals surface area (Å²) in [6.07, 6.45) is 39.1. The van der Waals surface area contributed by atoms with Gasteiger partial charge in [-0.2, -0.15) is 0 Å². The highest BCUT2D eigenvalue weighted by Crippen LogP contribution is 2.46. The van der Waals surface area contributed by atoms with Crippen LogP contribution in [0.25, 0.3) is 0 Å². The van der Waals surface area contributed by atoms with E-state index in [-0.39, 0.29) is 37.0 Å². The number of hydrogen-bond acceptors (Lipinski definition) is 8. The molecule has 7 atom stereocenters. The van der Waals surface area contributed by atoms with E-state index in [0.717, 1.165) is 88.1 Å². The molecule has 0 aromatic rings. The molecule has 0 radical (unpaired) electrons. The molecule has 5 aliphatic rings. The van der Waals surface area contributed by atoms with Gasteiger partial charge < -0.3 is 23.8 Å². The minimum atomic E-state index is -0.763. The zero-order chi connectivity index (χ0) is 42.2. The number of ether oxygens (including phenoxy) is 4. The molecule has 346 valence electrons. The number of carbonyl (C=O) groups excluding carboxylic acids is 3. The Bertz CT molecular complexity index is 1180. The summed E-state index contributed by atoms with van der Waals surface area (Å²) in [4.78, 5) is 41.7. The largest absolute Gasteiger partial charge is 0.463 e. The first-order chi connectivity index (χ1) is 29.4. The number of rotatable bonds is 36. The van der Waals surface area contributed by atoms with Crippen molar-refractivity contribution in [1.29, 1.82) is 0 Å². The predicted molar refractivity (Wildman–Crippen MR) is 242 cm³/mol. The van der Waals surface area contributed by atoms with Crippen LogP contribution in [-0.2, 0) is 33.3 Å². The molecule has 3 saturated carbocycles. The van der Waals surface area contributed by atoms with Crippen LogP contribution in [-0.4, -0.2) is 73.5 Å². The molecule has 2 heterocycles. The second kappa shape index (κ2) is 28.9. The summed E-state index contributed by atoms with van der Waals surface area (Å²) in [5.41, 5.74) is 0. The van der Waals surface area contributed by atoms with Gasteiger partial charge in [0, 0.05) is 18.9 Å². The summed E-state index contributed by atoms with van der Waals surface area (Å²) in [6.45, 7) is 6.62. The summed E-state index contributed by atoms with van der Waals surface area (Å²) < 4.78 is 23.7. The average Bonchev–Trinajstić information content (AvgIpc) is 4.18. The number of carbonyl (C=O) groups is 3. The van der Waals surface area contributed by atoms with Gasteiger partial charge in [-0.25, -0.2) is 0 Å². The summed E-state index contributed by atoms with van der Waals surface area (Å²) >= 11 is 0. The SMILES string of the molecule is CCCCCCCCC1CC1CCCCCCCC(=O)O[C@@H]1[C@@H](OC(=O)CCCCCCCC2CC2CCCCCCCC)CO[C@@H]1COC(=O)C1CCN(C2CC2)CC1. The predicted octanol–water partition coefficient (Wildman–Crippen LogP) is 12.9. The summed E-state index contributed by atoms with van der Waals surface area (Å²) in [6, 6.07) is 0.716. The first-order valence-corrected chi connectivity index (χ1v) is 26.4. The summed E-state index contributed by atoms with van der Waals surface area (Å²) in [5, 5.41) is 0. The van der Waals surface area contributed by atoms with E-state index >= 15 is 0 Å². The van der Waals surface area contributed by atoms with Crippen LogP contribution in [0.15, 0.2) is 0 Å². The van der Waals surface area contributed by atoms with Crippen LogP contribution in [0.1, 0.15) is 232 Å². The second-order valence-electron chi connectivity index (χ2n) is 20.3. The third-order valence-corrected chi connectivity index (χ3v) is 15.0. The van der Waals surface area contributed by atoms with Gasteiger partial charge in [-0.15, -0.1) is 0 Å². The third kappa shape index (κ3) is 19.8. The van der Waals surface area contributed by atoms with Crippen molar-refractivity contribution in [3.63, 3.8) is 0 Å². The van der Waals surface area contributed by atoms with Crippen LogP contribution in [0, 0.1) is 29.6 Å². The molecule has 3 aliphatic carbocycles. The lowest BCUT2D eigenvalue weighted by Gasteiger charge is -2.31. The Labute approximate surface area is 367 Å². The van der Waals surface area contributed by atoms with E-state index in [1.54, 1.807) is 0 Å². The lowest BCUT2D eigenvalue weighted by atomic mass is 9.97. The van der Waals surface area contributed by atoms with Gasteiger partial charge in [0.15, 0.2) is 12.2 Å². The molecule has 0 aromatic heterocycles. The van der Waals surface area contributed by atoms with Gasteiger partial charge in [-0.05, 0) is 88.1 Å². The number of unbranched alkanes of at least 4 members (excludes halogenated alkanes) is 18. The summed E-state index contributed by atoms with van der Waals surface area (Å²) in [5.74, 6) is 3.07. The van der Waals surface area contributed by atoms with E-state index in [0.29, 0.717) is 18.9 Å². The smallest absolute Gasteiger partial charge is 0.309 e. The fourth-order valence-corrected chi connectivity index (χ4v) is 10.5. The molecule has 0 N–H and O–H groups in total. The number of piperidine rings is 1. The quantitative estimate of drug-likeness (QED) is 0.0350. The molecule has 2 saturated heterocycles. The molecule has 0 amide bonds. The van der Waals surface area contributed by atoms with Crippen molar-refractivity contribution in [1.82, 2.24) is 4.90 Å². The molecule has 60 heavy (non-hydrogen) atoms. The molecule has 5 rings (SSSR count). The maximum Gasteiger partial charge on any atom is 0.309 e. The third-order valence-electron chi connectivity index (χ3n) is 15.0. The van der Waals surface area contributed by atoms with Crippen molar-refractivity contribution in [2.45, 2.75) is 257 Å². The topological polar surface area (TPSA) is 91.4 Å². The normalized spacial score (nSPS) is 26.6. The van der Waals surface area contributed by atoms with Crippen molar-refractivity contribution >= 4 is 17.9 Å². The fraction of sp³-hybridized carbons (Fsp3) is 0.942. The van der Waals surface area contributed by atoms with Gasteiger partial charge in [-0.1, -0.05) is 168 Å². The maximum absolute atomic E-state index is 13.2. The van der Waals surface area contributed by atoms with Gasteiger partial charge in [0.1, 0.15) is 12.7 Å². The Kier molecular flexibility index (Phi) is 23.8. The van der Waals surface area contributed by atoms with Crippen LogP contribution < -0.4 is 0 Å². The Hall–Kier alpha value is -1.67. The van der Waals surface area contributed by atoms with Crippen LogP contribution in [0.5, 0.6) is 0 Å². The van der Waals surface area contributed by atoms with E-state index in [4.69, 9.17) is 18.9 Å². The highest BCUT2D eigenvalue weighted by molar-refractivity contribution is 5.73. The van der Waals surface area contributed by atoms with Crippen molar-refractivity contribution in [3.05, 3.63) is 0 Å². The molecule has 8 heteroatoms. The lowest BCUT2D eigenvalue weighted by Crippen LogP contribution is -2.41. The van der Waals surface area contributed by atoms with Crippen LogP contribution in [0.4, 0.5) is 0 Å². The van der Waals surface area contributed by atoms with Crippen molar-refractivity contribution in [2.24, 2.45) is 29.6 Å². The molecular weight excluding hydrogens is 751 g/mol. The maximum atomic E-state index is 13.2. The van der Waals surface area contributed by atoms with Gasteiger partial charge in [0.05, 0.1) is 12.5 Å². The molecule has 4 unspecified atom stereocenters. The minimum Gasteiger partial charge on any atom is -0.463 e. The minimum absolute atomic E-state index is 0.00906. The zero-order valence-corrected chi connectivity index (χ0v) is 38.9. The number of nitrogens with zero attached hydrogens (tertiary/aromatic N) is 1. The molecular formula is C52H91NO7. The first kappa shape index (κ1) is 49.3. The molecule has 0 spiro atoms. The van der Waals surface area contributed by atoms with Gasteiger partial charge >= 0.3 is 17.9 Å². The Morgan fingerprint density at radius 3 is 1.43 bits per heavy atom. The van der Waals surface area contributed by atoms with Crippen molar-refractivity contribution in [3.8, 4) is 0 Å². The van der Waals surface area contributed by atoms with Crippen LogP contribution in [0.2, 0.25) is 0 Å². The lowest BCUT2D eigenvalue weighted by molar-refractivity contribution is -0.169. The van der Waals surface area contributed by atoms with Crippen LogP contribution >= 0.6 is 0 Å². The van der Waals surface area contributed by atoms with E-state index in [2.05, 4.69) is 18.7 Å². The van der Waals surface area contributed by atoms with Crippen molar-refractivity contribution < 1.29 is 33.3 Å². The van der Waals surface area contributed by atoms with E-state index < -0.39 is 18.3 Å². The first-order valence-electron chi connectivity index (χ1n) is 26.4. The van der Waals surface area contributed by atoms with Crippen molar-refractivity contribution in [2.75, 3.05) is 26.3 Å². The van der Waals surface area contributed by atoms with Crippen LogP contribution in [0.3, 0.4) is 0 Å². The summed E-state index contributed by atoms with van der Waals surface area (Å²) in [7, 11) is 0. The Morgan fingerprint density at radius 2 is 0.967 bits per heavy atom. The second-order valence-corrected chi connectivity index (χ2v) is 20.3. The van der Waals surface area contributed by atoms with Gasteiger partial charge in [0.2, 0.25) is 0 Å². The highest BCUT2D eigenvalue weighted by Gasteiger charge is 2.44. The fourth-order valence-electron chi connectivity index (χ4n) is 10.5. The average molecular weight is 842 g/mol. The number of likely N-dealkylation sites (tertiary alicyclic amines) is 1. The Balaban J connectivity index is 0.928. The molecule has 0 bridgehead atoms. The Morgan fingerprint density at radius 1 is 0.533 bits per heavy atom. The monoisotopic (exact) mass is 842 g/mol. The number of esters is 3. The zero-order valence-electron chi connectivity index (χ0n) is 38.9. The molecule has 0 aromatic carbocycles. The molecule has 8 nitrogen and oxygen atoms in total. The standard InChI is InChI=1S/C52H91NO7/c1-3-5-7-9-13-19-25-42-37-44(42)27-21-15-11-17-23-29-49(54)59-48-40-57-47(39-58-52(56)41-33-35-53(36-34-41)46-31-32-46)51(48)60-50(55)30-24-18-12-16-22-28-45-38-43(45)26-20-14-10-8-6-4-2/h41-48,51H,3-40H2,1-2H3/t42?,43?,44?,45?,47-,48+,51+/m1/s1. The van der Waals surface area contributed by atoms with E-state index in [9.17, 15) is 14.4 Å². The highest BCUT2D eigenvalue weighted by atomic mass is 16.6. The van der Waals surface area contributed by atoms with E-state index in [1.807, 2.05) is 0 Å². The number of hydrogen-bond donors (Lipinski definition) is 0. The molecule has 5 fully saturated rings. The van der Waals surface area contributed by atoms with Gasteiger partial charge in [-0.3, -0.25) is 14.4 Å². The van der Waals surface area contributed by atoms with Gasteiger partial charge in [0.25, 0.3) is 0 Å². The van der Waals surface area contributed by atoms with E-state index in [1.165, 1.54) is 154 Å².